The van der Waals surface area contributed by atoms with E-state index in [9.17, 15) is 18.7 Å². The Morgan fingerprint density at radius 3 is 2.72 bits per heavy atom. The standard InChI is InChI=1S/C27H24F3N5O3.Na/c1-15-21(8-16-4-2-3-5-22(16)38-25(29)30)35-13-19(20(28)9-23(35)33-15)17-11-31-26(32-12-17)34-7-6-18-10-27(18,14-34)24(36)37;/h2-5,9,11-13,18,25H,6-8,10,14H2,1H3,(H,36,37);/q;+1/p-1. The van der Waals surface area contributed by atoms with Crippen LogP contribution in [-0.2, 0) is 11.2 Å². The number of imidazole rings is 1. The van der Waals surface area contributed by atoms with Gasteiger partial charge in [0.2, 0.25) is 5.95 Å². The number of hydrogen-bond donors (Lipinski definition) is 0. The molecule has 4 heterocycles. The SMILES string of the molecule is Cc1nc2cc(F)c(-c3cnc(N4CCC5CC5(C(=O)[O-])C4)nc3)cn2c1Cc1ccccc1OC(F)F.[Na+]. The van der Waals surface area contributed by atoms with Crippen molar-refractivity contribution in [2.75, 3.05) is 18.0 Å². The molecule has 2 fully saturated rings. The summed E-state index contributed by atoms with van der Waals surface area (Å²) in [5.41, 5.74) is 2.10. The van der Waals surface area contributed by atoms with Gasteiger partial charge in [0.25, 0.3) is 0 Å². The molecule has 0 radical (unpaired) electrons. The van der Waals surface area contributed by atoms with Crippen LogP contribution in [0.15, 0.2) is 48.9 Å². The first-order valence-electron chi connectivity index (χ1n) is 12.2. The summed E-state index contributed by atoms with van der Waals surface area (Å²) in [6.07, 6.45) is 6.19. The summed E-state index contributed by atoms with van der Waals surface area (Å²) in [5, 5.41) is 11.6. The molecule has 1 aliphatic carbocycles. The molecule has 1 saturated carbocycles. The number of ether oxygens (including phenoxy) is 1. The van der Waals surface area contributed by atoms with Crippen LogP contribution in [-0.4, -0.2) is 45.0 Å². The number of anilines is 1. The van der Waals surface area contributed by atoms with E-state index in [2.05, 4.69) is 19.7 Å². The molecule has 196 valence electrons. The van der Waals surface area contributed by atoms with Crippen LogP contribution in [0, 0.1) is 24.1 Å². The quantitative estimate of drug-likeness (QED) is 0.311. The van der Waals surface area contributed by atoms with Crippen molar-refractivity contribution in [2.24, 2.45) is 11.3 Å². The third-order valence-corrected chi connectivity index (χ3v) is 7.65. The van der Waals surface area contributed by atoms with Gasteiger partial charge in [-0.25, -0.2) is 19.3 Å². The number of fused-ring (bicyclic) bond motifs is 2. The molecule has 2 aliphatic rings. The van der Waals surface area contributed by atoms with Crippen molar-refractivity contribution in [2.45, 2.75) is 32.8 Å². The molecule has 0 spiro atoms. The maximum absolute atomic E-state index is 15.1. The van der Waals surface area contributed by atoms with E-state index in [0.717, 1.165) is 6.42 Å². The van der Waals surface area contributed by atoms with Crippen LogP contribution in [0.2, 0.25) is 0 Å². The predicted octanol–water partition coefficient (Wildman–Crippen LogP) is 0.401. The van der Waals surface area contributed by atoms with Gasteiger partial charge in [-0.05, 0) is 31.7 Å². The van der Waals surface area contributed by atoms with E-state index in [1.807, 2.05) is 4.90 Å². The summed E-state index contributed by atoms with van der Waals surface area (Å²) in [6.45, 7) is -0.233. The van der Waals surface area contributed by atoms with Crippen LogP contribution in [0.5, 0.6) is 5.75 Å². The average molecular weight is 545 g/mol. The fourth-order valence-electron chi connectivity index (χ4n) is 5.49. The molecule has 39 heavy (non-hydrogen) atoms. The number of para-hydroxylation sites is 1. The number of piperidine rings is 1. The summed E-state index contributed by atoms with van der Waals surface area (Å²) >= 11 is 0. The Kier molecular flexibility index (Phi) is 7.34. The Bertz CT molecular complexity index is 1550. The number of pyridine rings is 1. The molecule has 8 nitrogen and oxygen atoms in total. The van der Waals surface area contributed by atoms with Crippen LogP contribution in [0.25, 0.3) is 16.8 Å². The fourth-order valence-corrected chi connectivity index (χ4v) is 5.49. The Morgan fingerprint density at radius 1 is 1.26 bits per heavy atom. The molecule has 4 aromatic rings. The Balaban J connectivity index is 0.00000308. The average Bonchev–Trinajstić information content (AvgIpc) is 3.57. The molecule has 2 unspecified atom stereocenters. The summed E-state index contributed by atoms with van der Waals surface area (Å²) in [4.78, 5) is 26.7. The Morgan fingerprint density at radius 2 is 2.00 bits per heavy atom. The first-order valence-corrected chi connectivity index (χ1v) is 12.2. The zero-order valence-corrected chi connectivity index (χ0v) is 23.4. The number of carboxylic acid groups (broad SMARTS) is 1. The summed E-state index contributed by atoms with van der Waals surface area (Å²) in [7, 11) is 0. The number of benzene rings is 1. The van der Waals surface area contributed by atoms with Crippen molar-refractivity contribution in [3.05, 3.63) is 71.7 Å². The zero-order chi connectivity index (χ0) is 26.6. The van der Waals surface area contributed by atoms with Crippen LogP contribution in [0.1, 0.15) is 29.8 Å². The molecule has 2 atom stereocenters. The maximum Gasteiger partial charge on any atom is 1.00 e. The van der Waals surface area contributed by atoms with Gasteiger partial charge in [0, 0.05) is 77.9 Å². The topological polar surface area (TPSA) is 95.7 Å². The minimum atomic E-state index is -2.95. The smallest absolute Gasteiger partial charge is 0.549 e. The molecule has 12 heteroatoms. The second kappa shape index (κ2) is 10.4. The van der Waals surface area contributed by atoms with Gasteiger partial charge in [-0.2, -0.15) is 8.78 Å². The second-order valence-electron chi connectivity index (χ2n) is 9.90. The molecule has 0 amide bonds. The minimum Gasteiger partial charge on any atom is -0.549 e. The van der Waals surface area contributed by atoms with Gasteiger partial charge in [0.05, 0.1) is 5.69 Å². The normalized spacial score (nSPS) is 20.0. The molecule has 3 aromatic heterocycles. The van der Waals surface area contributed by atoms with E-state index in [1.54, 1.807) is 35.7 Å². The molecule has 1 aliphatic heterocycles. The van der Waals surface area contributed by atoms with E-state index in [4.69, 9.17) is 0 Å². The summed E-state index contributed by atoms with van der Waals surface area (Å²) in [5.74, 6) is -0.948. The molecule has 1 saturated heterocycles. The first kappa shape index (κ1) is 27.4. The predicted molar refractivity (Wildman–Crippen MR) is 129 cm³/mol. The van der Waals surface area contributed by atoms with Gasteiger partial charge in [-0.15, -0.1) is 0 Å². The van der Waals surface area contributed by atoms with Crippen LogP contribution in [0.4, 0.5) is 19.1 Å². The molecular weight excluding hydrogens is 522 g/mol. The number of aliphatic carboxylic acids is 1. The van der Waals surface area contributed by atoms with E-state index in [-0.39, 0.29) is 53.2 Å². The third kappa shape index (κ3) is 4.99. The van der Waals surface area contributed by atoms with E-state index in [0.29, 0.717) is 53.6 Å². The number of aryl methyl sites for hydroxylation is 1. The van der Waals surface area contributed by atoms with E-state index >= 15 is 4.39 Å². The number of halogens is 3. The summed E-state index contributed by atoms with van der Waals surface area (Å²) in [6, 6.07) is 7.83. The van der Waals surface area contributed by atoms with E-state index in [1.165, 1.54) is 24.5 Å². The van der Waals surface area contributed by atoms with Crippen molar-refractivity contribution >= 4 is 17.6 Å². The largest absolute Gasteiger partial charge is 1.00 e. The van der Waals surface area contributed by atoms with E-state index < -0.39 is 23.8 Å². The molecule has 0 bridgehead atoms. The molecule has 0 N–H and O–H groups in total. The number of nitrogens with zero attached hydrogens (tertiary/aromatic N) is 5. The number of carboxylic acids is 1. The van der Waals surface area contributed by atoms with Gasteiger partial charge >= 0.3 is 36.2 Å². The van der Waals surface area contributed by atoms with Gasteiger partial charge < -0.3 is 23.9 Å². The van der Waals surface area contributed by atoms with Crippen LogP contribution < -0.4 is 44.3 Å². The minimum absolute atomic E-state index is 0. The number of aromatic nitrogens is 4. The zero-order valence-electron chi connectivity index (χ0n) is 21.4. The number of rotatable bonds is 7. The Hall–Kier alpha value is -3.15. The molecule has 6 rings (SSSR count). The number of hydrogen-bond acceptors (Lipinski definition) is 7. The number of alkyl halides is 2. The third-order valence-electron chi connectivity index (χ3n) is 7.65. The monoisotopic (exact) mass is 545 g/mol. The van der Waals surface area contributed by atoms with Gasteiger partial charge in [0.1, 0.15) is 17.2 Å². The Labute approximate surface area is 244 Å². The van der Waals surface area contributed by atoms with Crippen molar-refractivity contribution in [3.8, 4) is 16.9 Å². The first-order chi connectivity index (χ1) is 18.2. The number of carbonyl (C=O) groups excluding carboxylic acids is 1. The fraction of sp³-hybridized carbons (Fsp3) is 0.333. The number of carbonyl (C=O) groups is 1. The molecular formula is C27H23F3N5NaO3. The van der Waals surface area contributed by atoms with Crippen molar-refractivity contribution < 1.29 is 57.4 Å². The van der Waals surface area contributed by atoms with Crippen LogP contribution in [0.3, 0.4) is 0 Å². The van der Waals surface area contributed by atoms with Gasteiger partial charge in [-0.1, -0.05) is 18.2 Å². The molecule has 1 aromatic carbocycles. The van der Waals surface area contributed by atoms with Crippen molar-refractivity contribution in [3.63, 3.8) is 0 Å². The van der Waals surface area contributed by atoms with Gasteiger partial charge in [0.15, 0.2) is 0 Å². The summed E-state index contributed by atoms with van der Waals surface area (Å²) < 4.78 is 47.3. The van der Waals surface area contributed by atoms with Crippen LogP contribution >= 0.6 is 0 Å². The second-order valence-corrected chi connectivity index (χ2v) is 9.90. The van der Waals surface area contributed by atoms with Crippen molar-refractivity contribution in [1.82, 2.24) is 19.4 Å². The maximum atomic E-state index is 15.1. The van der Waals surface area contributed by atoms with Crippen molar-refractivity contribution in [1.29, 1.82) is 0 Å². The van der Waals surface area contributed by atoms with Gasteiger partial charge in [-0.3, -0.25) is 0 Å².